The van der Waals surface area contributed by atoms with Crippen LogP contribution in [0.25, 0.3) is 0 Å². The van der Waals surface area contributed by atoms with Gasteiger partial charge in [-0.1, -0.05) is 0 Å². The third kappa shape index (κ3) is 3.70. The fourth-order valence-electron chi connectivity index (χ4n) is 1.31. The highest BCUT2D eigenvalue weighted by atomic mass is 16.4. The van der Waals surface area contributed by atoms with Gasteiger partial charge in [-0.05, 0) is 32.9 Å². The maximum atomic E-state index is 10.9. The first kappa shape index (κ1) is 12.8. The van der Waals surface area contributed by atoms with Crippen molar-refractivity contribution in [2.24, 2.45) is 5.41 Å². The Morgan fingerprint density at radius 1 is 1.62 bits per heavy atom. The lowest BCUT2D eigenvalue weighted by atomic mass is 9.93. The molecule has 0 fully saturated rings. The average Bonchev–Trinajstić information content (AvgIpc) is 2.67. The predicted octanol–water partition coefficient (Wildman–Crippen LogP) is 1.91. The third-order valence-corrected chi connectivity index (χ3v) is 2.56. The number of carboxylic acid groups (broad SMARTS) is 1. The second kappa shape index (κ2) is 5.16. The molecule has 0 aromatic carbocycles. The van der Waals surface area contributed by atoms with Gasteiger partial charge in [0.25, 0.3) is 0 Å². The molecule has 0 amide bonds. The Morgan fingerprint density at radius 3 is 2.81 bits per heavy atom. The van der Waals surface area contributed by atoms with Gasteiger partial charge in [-0.3, -0.25) is 4.79 Å². The van der Waals surface area contributed by atoms with Crippen LogP contribution >= 0.6 is 0 Å². The summed E-state index contributed by atoms with van der Waals surface area (Å²) in [6, 6.07) is 3.97. The molecule has 0 aliphatic rings. The molecule has 0 radical (unpaired) electrons. The van der Waals surface area contributed by atoms with E-state index in [0.717, 1.165) is 12.2 Å². The molecule has 0 bridgehead atoms. The molecule has 0 saturated heterocycles. The number of nitrogens with one attached hydrogen (secondary N) is 1. The van der Waals surface area contributed by atoms with Crippen LogP contribution in [0.4, 0.5) is 0 Å². The smallest absolute Gasteiger partial charge is 0.310 e. The minimum absolute atomic E-state index is 0.199. The lowest BCUT2D eigenvalue weighted by Gasteiger charge is -2.22. The van der Waals surface area contributed by atoms with E-state index >= 15 is 0 Å². The van der Waals surface area contributed by atoms with Crippen molar-refractivity contribution in [3.8, 4) is 0 Å². The summed E-state index contributed by atoms with van der Waals surface area (Å²) in [5.41, 5.74) is -0.739. The first-order valence-corrected chi connectivity index (χ1v) is 5.41. The Balaban J connectivity index is 2.35. The highest BCUT2D eigenvalue weighted by Gasteiger charge is 2.27. The fraction of sp³-hybridized carbons (Fsp3) is 0.583. The predicted molar refractivity (Wildman–Crippen MR) is 61.3 cm³/mol. The van der Waals surface area contributed by atoms with Gasteiger partial charge >= 0.3 is 5.97 Å². The zero-order valence-electron chi connectivity index (χ0n) is 9.99. The average molecular weight is 225 g/mol. The van der Waals surface area contributed by atoms with Crippen LogP contribution in [0.2, 0.25) is 0 Å². The molecule has 1 unspecified atom stereocenters. The number of hydrogen-bond acceptors (Lipinski definition) is 3. The van der Waals surface area contributed by atoms with E-state index in [1.807, 2.05) is 19.1 Å². The van der Waals surface area contributed by atoms with E-state index < -0.39 is 11.4 Å². The van der Waals surface area contributed by atoms with Gasteiger partial charge in [0.1, 0.15) is 5.76 Å². The summed E-state index contributed by atoms with van der Waals surface area (Å²) in [4.78, 5) is 10.9. The van der Waals surface area contributed by atoms with Gasteiger partial charge < -0.3 is 14.8 Å². The molecule has 90 valence electrons. The summed E-state index contributed by atoms with van der Waals surface area (Å²) in [6.45, 7) is 5.88. The normalized spacial score (nSPS) is 13.7. The quantitative estimate of drug-likeness (QED) is 0.776. The van der Waals surface area contributed by atoms with E-state index in [2.05, 4.69) is 5.32 Å². The van der Waals surface area contributed by atoms with Crippen molar-refractivity contribution in [2.45, 2.75) is 33.2 Å². The molecule has 0 spiro atoms. The Morgan fingerprint density at radius 2 is 2.31 bits per heavy atom. The van der Waals surface area contributed by atoms with Gasteiger partial charge in [-0.15, -0.1) is 0 Å². The highest BCUT2D eigenvalue weighted by molar-refractivity contribution is 5.73. The summed E-state index contributed by atoms with van der Waals surface area (Å²) < 4.78 is 5.23. The molecule has 0 saturated carbocycles. The molecule has 1 rings (SSSR count). The van der Waals surface area contributed by atoms with Crippen molar-refractivity contribution in [1.29, 1.82) is 0 Å². The zero-order valence-corrected chi connectivity index (χ0v) is 9.99. The van der Waals surface area contributed by atoms with Gasteiger partial charge in [0, 0.05) is 19.0 Å². The lowest BCUT2D eigenvalue weighted by Crippen LogP contribution is -2.40. The van der Waals surface area contributed by atoms with Crippen molar-refractivity contribution in [3.63, 3.8) is 0 Å². The number of furan rings is 1. The second-order valence-corrected chi connectivity index (χ2v) is 4.75. The van der Waals surface area contributed by atoms with Crippen molar-refractivity contribution in [2.75, 3.05) is 6.54 Å². The Labute approximate surface area is 95.7 Å². The standard InChI is InChI=1S/C12H19NO3/c1-9(7-10-5-4-6-16-10)13-8-12(2,3)11(14)15/h4-6,9,13H,7-8H2,1-3H3,(H,14,15). The van der Waals surface area contributed by atoms with Crippen LogP contribution in [0, 0.1) is 5.41 Å². The van der Waals surface area contributed by atoms with Gasteiger partial charge in [-0.25, -0.2) is 0 Å². The lowest BCUT2D eigenvalue weighted by molar-refractivity contribution is -0.146. The van der Waals surface area contributed by atoms with E-state index in [1.54, 1.807) is 20.1 Å². The molecule has 4 heteroatoms. The molecule has 4 nitrogen and oxygen atoms in total. The SMILES string of the molecule is CC(Cc1ccco1)NCC(C)(C)C(=O)O. The topological polar surface area (TPSA) is 62.5 Å². The first-order chi connectivity index (χ1) is 7.42. The molecule has 1 heterocycles. The summed E-state index contributed by atoms with van der Waals surface area (Å²) in [5, 5.41) is 12.2. The molecule has 2 N–H and O–H groups in total. The minimum atomic E-state index is -0.787. The monoisotopic (exact) mass is 225 g/mol. The van der Waals surface area contributed by atoms with Gasteiger partial charge in [0.05, 0.1) is 11.7 Å². The number of rotatable bonds is 6. The van der Waals surface area contributed by atoms with Crippen molar-refractivity contribution < 1.29 is 14.3 Å². The second-order valence-electron chi connectivity index (χ2n) is 4.75. The third-order valence-electron chi connectivity index (χ3n) is 2.56. The maximum absolute atomic E-state index is 10.9. The molecule has 1 atom stereocenters. The first-order valence-electron chi connectivity index (χ1n) is 5.41. The van der Waals surface area contributed by atoms with Gasteiger partial charge in [0.15, 0.2) is 0 Å². The van der Waals surface area contributed by atoms with Crippen LogP contribution in [0.3, 0.4) is 0 Å². The van der Waals surface area contributed by atoms with Crippen LogP contribution in [-0.4, -0.2) is 23.7 Å². The number of aliphatic carboxylic acids is 1. The van der Waals surface area contributed by atoms with E-state index in [4.69, 9.17) is 9.52 Å². The van der Waals surface area contributed by atoms with Crippen molar-refractivity contribution in [3.05, 3.63) is 24.2 Å². The summed E-state index contributed by atoms with van der Waals surface area (Å²) >= 11 is 0. The van der Waals surface area contributed by atoms with E-state index in [9.17, 15) is 4.79 Å². The Kier molecular flexibility index (Phi) is 4.12. The van der Waals surface area contributed by atoms with E-state index in [0.29, 0.717) is 6.54 Å². The molecule has 1 aromatic rings. The maximum Gasteiger partial charge on any atom is 0.310 e. The van der Waals surface area contributed by atoms with Crippen molar-refractivity contribution >= 4 is 5.97 Å². The van der Waals surface area contributed by atoms with E-state index in [-0.39, 0.29) is 6.04 Å². The minimum Gasteiger partial charge on any atom is -0.481 e. The Hall–Kier alpha value is -1.29. The molecule has 16 heavy (non-hydrogen) atoms. The number of carbonyl (C=O) groups is 1. The van der Waals surface area contributed by atoms with Crippen molar-refractivity contribution in [1.82, 2.24) is 5.32 Å². The fourth-order valence-corrected chi connectivity index (χ4v) is 1.31. The molecule has 0 aliphatic carbocycles. The van der Waals surface area contributed by atoms with Crippen LogP contribution in [-0.2, 0) is 11.2 Å². The van der Waals surface area contributed by atoms with Crippen LogP contribution < -0.4 is 5.32 Å². The summed E-state index contributed by atoms with van der Waals surface area (Å²) in [7, 11) is 0. The van der Waals surface area contributed by atoms with Gasteiger partial charge in [0.2, 0.25) is 0 Å². The summed E-state index contributed by atoms with van der Waals surface area (Å²) in [6.07, 6.45) is 2.41. The highest BCUT2D eigenvalue weighted by Crippen LogP contribution is 2.14. The zero-order chi connectivity index (χ0) is 12.2. The molecule has 1 aromatic heterocycles. The van der Waals surface area contributed by atoms with Crippen LogP contribution in [0.5, 0.6) is 0 Å². The largest absolute Gasteiger partial charge is 0.481 e. The molecular formula is C12H19NO3. The molecule has 0 aliphatic heterocycles. The number of carboxylic acids is 1. The van der Waals surface area contributed by atoms with E-state index in [1.165, 1.54) is 0 Å². The molecular weight excluding hydrogens is 206 g/mol. The van der Waals surface area contributed by atoms with Crippen LogP contribution in [0.15, 0.2) is 22.8 Å². The van der Waals surface area contributed by atoms with Gasteiger partial charge in [-0.2, -0.15) is 0 Å². The Bertz CT molecular complexity index is 330. The number of hydrogen-bond donors (Lipinski definition) is 2. The van der Waals surface area contributed by atoms with Crippen LogP contribution in [0.1, 0.15) is 26.5 Å². The summed E-state index contributed by atoms with van der Waals surface area (Å²) in [5.74, 6) is 0.123.